The van der Waals surface area contributed by atoms with Gasteiger partial charge < -0.3 is 4.74 Å². The first-order chi connectivity index (χ1) is 14.4. The summed E-state index contributed by atoms with van der Waals surface area (Å²) in [6.07, 6.45) is -4.50. The van der Waals surface area contributed by atoms with E-state index in [0.717, 1.165) is 12.1 Å². The molecule has 6 nitrogen and oxygen atoms in total. The van der Waals surface area contributed by atoms with Crippen molar-refractivity contribution in [3.63, 3.8) is 0 Å². The number of ether oxygens (including phenoxy) is 1. The first-order valence-electron chi connectivity index (χ1n) is 8.70. The van der Waals surface area contributed by atoms with Gasteiger partial charge in [0.15, 0.2) is 6.73 Å². The minimum absolute atomic E-state index is 0.00443. The quantitative estimate of drug-likeness (QED) is 0.480. The average Bonchev–Trinajstić information content (AvgIpc) is 2.95. The molecule has 0 saturated carbocycles. The number of anilines is 1. The number of aryl methyl sites for hydroxylation is 1. The van der Waals surface area contributed by atoms with Gasteiger partial charge in [0.25, 0.3) is 10.0 Å². The summed E-state index contributed by atoms with van der Waals surface area (Å²) in [5.74, 6) is -0.00443. The Balaban J connectivity index is 1.82. The summed E-state index contributed by atoms with van der Waals surface area (Å²) in [5.41, 5.74) is 0.0898. The van der Waals surface area contributed by atoms with Gasteiger partial charge in [0, 0.05) is 5.02 Å². The summed E-state index contributed by atoms with van der Waals surface area (Å²) >= 11 is 11.9. The van der Waals surface area contributed by atoms with E-state index in [1.807, 2.05) is 0 Å². The fourth-order valence-electron chi connectivity index (χ4n) is 2.74. The molecule has 3 aromatic rings. The number of sulfonamides is 1. The van der Waals surface area contributed by atoms with Gasteiger partial charge in [-0.1, -0.05) is 29.3 Å². The predicted molar refractivity (Wildman–Crippen MR) is 111 cm³/mol. The number of alkyl halides is 3. The summed E-state index contributed by atoms with van der Waals surface area (Å²) in [7, 11) is -4.07. The zero-order valence-electron chi connectivity index (χ0n) is 16.2. The van der Waals surface area contributed by atoms with Crippen LogP contribution in [-0.4, -0.2) is 18.2 Å². The van der Waals surface area contributed by atoms with Gasteiger partial charge in [-0.2, -0.15) is 18.3 Å². The van der Waals surface area contributed by atoms with E-state index in [4.69, 9.17) is 27.9 Å². The van der Waals surface area contributed by atoms with Crippen LogP contribution in [0.25, 0.3) is 0 Å². The second-order valence-corrected chi connectivity index (χ2v) is 9.02. The Bertz CT molecular complexity index is 1230. The second-order valence-electron chi connectivity index (χ2n) is 6.52. The van der Waals surface area contributed by atoms with Crippen molar-refractivity contribution in [3.05, 3.63) is 69.5 Å². The lowest BCUT2D eigenvalue weighted by Crippen LogP contribution is -2.15. The van der Waals surface area contributed by atoms with Crippen LogP contribution >= 0.6 is 23.2 Å². The summed E-state index contributed by atoms with van der Waals surface area (Å²) in [6, 6.07) is 8.46. The molecule has 1 N–H and O–H groups in total. The lowest BCUT2D eigenvalue weighted by Gasteiger charge is -2.12. The minimum Gasteiger partial charge on any atom is -0.471 e. The van der Waals surface area contributed by atoms with Gasteiger partial charge in [0.1, 0.15) is 10.6 Å². The largest absolute Gasteiger partial charge is 0.471 e. The van der Waals surface area contributed by atoms with Crippen molar-refractivity contribution in [2.24, 2.45) is 0 Å². The number of nitrogens with zero attached hydrogens (tertiary/aromatic N) is 2. The molecule has 12 heteroatoms. The molecule has 0 spiro atoms. The van der Waals surface area contributed by atoms with Crippen molar-refractivity contribution in [1.29, 1.82) is 0 Å². The Morgan fingerprint density at radius 1 is 1.13 bits per heavy atom. The summed E-state index contributed by atoms with van der Waals surface area (Å²) in [5, 5.41) is 4.39. The van der Waals surface area contributed by atoms with Crippen molar-refractivity contribution in [2.45, 2.75) is 31.7 Å². The van der Waals surface area contributed by atoms with Gasteiger partial charge in [-0.3, -0.25) is 4.72 Å². The normalized spacial score (nSPS) is 12.1. The van der Waals surface area contributed by atoms with Crippen molar-refractivity contribution >= 4 is 38.9 Å². The molecule has 0 aliphatic heterocycles. The van der Waals surface area contributed by atoms with Gasteiger partial charge >= 0.3 is 6.18 Å². The molecule has 0 radical (unpaired) electrons. The fraction of sp³-hybridized carbons (Fsp3) is 0.211. The summed E-state index contributed by atoms with van der Waals surface area (Å²) in [6.45, 7) is 2.94. The highest BCUT2D eigenvalue weighted by atomic mass is 35.5. The van der Waals surface area contributed by atoms with E-state index < -0.39 is 21.8 Å². The number of hydrogen-bond donors (Lipinski definition) is 1. The topological polar surface area (TPSA) is 73.2 Å². The highest BCUT2D eigenvalue weighted by molar-refractivity contribution is 7.92. The standard InChI is InChI=1S/C19H16Cl2F3N3O3S/c1-11-18(26-31(28,29)17-9-14(20)6-7-16(17)21)12(2)27(25-11)10-30-15-5-3-4-13(8-15)19(22,23)24/h3-9,26H,10H2,1-2H3. The van der Waals surface area contributed by atoms with Crippen LogP contribution in [0, 0.1) is 13.8 Å². The van der Waals surface area contributed by atoms with Gasteiger partial charge in [-0.15, -0.1) is 0 Å². The third kappa shape index (κ3) is 5.25. The number of halogens is 5. The number of aromatic nitrogens is 2. The molecule has 1 heterocycles. The Morgan fingerprint density at radius 3 is 2.52 bits per heavy atom. The van der Waals surface area contributed by atoms with Crippen LogP contribution in [0.5, 0.6) is 5.75 Å². The SMILES string of the molecule is Cc1nn(COc2cccc(C(F)(F)F)c2)c(C)c1NS(=O)(=O)c1cc(Cl)ccc1Cl. The van der Waals surface area contributed by atoms with Gasteiger partial charge in [-0.25, -0.2) is 13.1 Å². The Morgan fingerprint density at radius 2 is 1.84 bits per heavy atom. The third-order valence-electron chi connectivity index (χ3n) is 4.32. The monoisotopic (exact) mass is 493 g/mol. The molecule has 31 heavy (non-hydrogen) atoms. The number of nitrogens with one attached hydrogen (secondary N) is 1. The molecule has 0 fully saturated rings. The molecule has 0 atom stereocenters. The number of benzene rings is 2. The number of hydrogen-bond acceptors (Lipinski definition) is 4. The predicted octanol–water partition coefficient (Wildman–Crippen LogP) is 5.66. The molecule has 2 aromatic carbocycles. The second kappa shape index (κ2) is 8.60. The lowest BCUT2D eigenvalue weighted by atomic mass is 10.2. The summed E-state index contributed by atoms with van der Waals surface area (Å²) in [4.78, 5) is -0.201. The third-order valence-corrected chi connectivity index (χ3v) is 6.38. The van der Waals surface area contributed by atoms with Crippen LogP contribution < -0.4 is 9.46 Å². The van der Waals surface area contributed by atoms with E-state index in [9.17, 15) is 21.6 Å². The van der Waals surface area contributed by atoms with Crippen LogP contribution in [0.2, 0.25) is 10.0 Å². The maximum atomic E-state index is 12.8. The zero-order chi connectivity index (χ0) is 23.0. The Labute approximate surface area is 186 Å². The Hall–Kier alpha value is -2.43. The van der Waals surface area contributed by atoms with Gasteiger partial charge in [0.05, 0.1) is 27.7 Å². The lowest BCUT2D eigenvalue weighted by molar-refractivity contribution is -0.137. The number of rotatable bonds is 6. The molecule has 166 valence electrons. The van der Waals surface area contributed by atoms with E-state index in [-0.39, 0.29) is 33.1 Å². The molecular weight excluding hydrogens is 478 g/mol. The highest BCUT2D eigenvalue weighted by Gasteiger charge is 2.30. The first-order valence-corrected chi connectivity index (χ1v) is 10.9. The summed E-state index contributed by atoms with van der Waals surface area (Å²) < 4.78 is 73.2. The average molecular weight is 494 g/mol. The molecule has 0 amide bonds. The maximum Gasteiger partial charge on any atom is 0.416 e. The zero-order valence-corrected chi connectivity index (χ0v) is 18.5. The van der Waals surface area contributed by atoms with E-state index in [1.54, 1.807) is 13.8 Å². The highest BCUT2D eigenvalue weighted by Crippen LogP contribution is 2.32. The van der Waals surface area contributed by atoms with Crippen molar-refractivity contribution in [3.8, 4) is 5.75 Å². The van der Waals surface area contributed by atoms with E-state index >= 15 is 0 Å². The van der Waals surface area contributed by atoms with Crippen LogP contribution in [0.4, 0.5) is 18.9 Å². The van der Waals surface area contributed by atoms with E-state index in [2.05, 4.69) is 9.82 Å². The Kier molecular flexibility index (Phi) is 6.45. The van der Waals surface area contributed by atoms with Crippen LogP contribution in [0.15, 0.2) is 47.4 Å². The van der Waals surface area contributed by atoms with Crippen molar-refractivity contribution in [2.75, 3.05) is 4.72 Å². The molecule has 0 bridgehead atoms. The molecule has 0 saturated heterocycles. The van der Waals surface area contributed by atoms with Gasteiger partial charge in [-0.05, 0) is 50.2 Å². The van der Waals surface area contributed by atoms with Crippen molar-refractivity contribution in [1.82, 2.24) is 9.78 Å². The fourth-order valence-corrected chi connectivity index (χ4v) is 4.68. The van der Waals surface area contributed by atoms with Crippen LogP contribution in [0.1, 0.15) is 17.0 Å². The molecule has 0 unspecified atom stereocenters. The molecular formula is C19H16Cl2F3N3O3S. The van der Waals surface area contributed by atoms with Crippen LogP contribution in [-0.2, 0) is 22.9 Å². The maximum absolute atomic E-state index is 12.8. The molecule has 1 aromatic heterocycles. The first kappa shape index (κ1) is 23.2. The molecule has 3 rings (SSSR count). The smallest absolute Gasteiger partial charge is 0.416 e. The van der Waals surface area contributed by atoms with Crippen molar-refractivity contribution < 1.29 is 26.3 Å². The van der Waals surface area contributed by atoms with E-state index in [0.29, 0.717) is 11.4 Å². The molecule has 0 aliphatic carbocycles. The molecule has 0 aliphatic rings. The van der Waals surface area contributed by atoms with Gasteiger partial charge in [0.2, 0.25) is 0 Å². The van der Waals surface area contributed by atoms with E-state index in [1.165, 1.54) is 35.0 Å². The van der Waals surface area contributed by atoms with Crippen LogP contribution in [0.3, 0.4) is 0 Å². The minimum atomic E-state index is -4.50.